The highest BCUT2D eigenvalue weighted by atomic mass is 16.5. The van der Waals surface area contributed by atoms with Crippen LogP contribution in [-0.2, 0) is 9.53 Å². The molecule has 4 heteroatoms. The van der Waals surface area contributed by atoms with Crippen LogP contribution in [0.15, 0.2) is 0 Å². The minimum Gasteiger partial charge on any atom is -0.468 e. The summed E-state index contributed by atoms with van der Waals surface area (Å²) in [6.07, 6.45) is 5.70. The third kappa shape index (κ3) is 4.45. The molecule has 118 valence electrons. The molecule has 4 nitrogen and oxygen atoms in total. The number of likely N-dealkylation sites (N-methyl/N-ethyl adjacent to an activating group) is 1. The van der Waals surface area contributed by atoms with Gasteiger partial charge >= 0.3 is 5.97 Å². The van der Waals surface area contributed by atoms with Gasteiger partial charge in [0.25, 0.3) is 0 Å². The Morgan fingerprint density at radius 2 is 2.10 bits per heavy atom. The number of rotatable bonds is 7. The lowest BCUT2D eigenvalue weighted by Gasteiger charge is -2.38. The predicted molar refractivity (Wildman–Crippen MR) is 82.8 cm³/mol. The van der Waals surface area contributed by atoms with E-state index >= 15 is 0 Å². The molecule has 0 aromatic carbocycles. The van der Waals surface area contributed by atoms with Gasteiger partial charge in [-0.3, -0.25) is 4.79 Å². The smallest absolute Gasteiger partial charge is 0.325 e. The Kier molecular flexibility index (Phi) is 6.96. The summed E-state index contributed by atoms with van der Waals surface area (Å²) in [7, 11) is 3.28. The van der Waals surface area contributed by atoms with Crippen molar-refractivity contribution in [2.45, 2.75) is 64.5 Å². The molecule has 0 aromatic rings. The molecule has 3 unspecified atom stereocenters. The van der Waals surface area contributed by atoms with E-state index in [1.807, 2.05) is 14.0 Å². The van der Waals surface area contributed by atoms with Gasteiger partial charge in [-0.15, -0.1) is 0 Å². The number of ether oxygens (including phenoxy) is 1. The predicted octanol–water partition coefficient (Wildman–Crippen LogP) is 2.43. The molecule has 20 heavy (non-hydrogen) atoms. The maximum Gasteiger partial charge on any atom is 0.325 e. The third-order valence-electron chi connectivity index (χ3n) is 5.06. The molecule has 0 radical (unpaired) electrons. The SMILES string of the molecule is CNC(C)(CCCCN1CCCC(C)C1C)C(=O)OC. The Morgan fingerprint density at radius 1 is 1.40 bits per heavy atom. The van der Waals surface area contributed by atoms with E-state index in [1.54, 1.807) is 0 Å². The lowest BCUT2D eigenvalue weighted by molar-refractivity contribution is -0.148. The second-order valence-corrected chi connectivity index (χ2v) is 6.43. The Bertz CT molecular complexity index is 309. The summed E-state index contributed by atoms with van der Waals surface area (Å²) in [6, 6.07) is 0.694. The number of nitrogens with one attached hydrogen (secondary N) is 1. The quantitative estimate of drug-likeness (QED) is 0.576. The molecular formula is C16H32N2O2. The Morgan fingerprint density at radius 3 is 2.70 bits per heavy atom. The molecule has 1 heterocycles. The first-order chi connectivity index (χ1) is 9.44. The van der Waals surface area contributed by atoms with Gasteiger partial charge in [0.05, 0.1) is 7.11 Å². The Labute approximate surface area is 124 Å². The zero-order valence-corrected chi connectivity index (χ0v) is 13.9. The van der Waals surface area contributed by atoms with Crippen molar-refractivity contribution in [2.75, 3.05) is 27.2 Å². The van der Waals surface area contributed by atoms with Gasteiger partial charge in [-0.05, 0) is 72.0 Å². The van der Waals surface area contributed by atoms with Gasteiger partial charge in [-0.2, -0.15) is 0 Å². The molecule has 0 aromatic heterocycles. The van der Waals surface area contributed by atoms with Crippen LogP contribution >= 0.6 is 0 Å². The van der Waals surface area contributed by atoms with Gasteiger partial charge in [0.15, 0.2) is 0 Å². The minimum atomic E-state index is -0.546. The molecule has 0 amide bonds. The van der Waals surface area contributed by atoms with E-state index < -0.39 is 5.54 Å². The monoisotopic (exact) mass is 284 g/mol. The summed E-state index contributed by atoms with van der Waals surface area (Å²) in [5, 5.41) is 3.10. The topological polar surface area (TPSA) is 41.6 Å². The number of likely N-dealkylation sites (tertiary alicyclic amines) is 1. The molecule has 3 atom stereocenters. The van der Waals surface area contributed by atoms with Crippen molar-refractivity contribution in [3.05, 3.63) is 0 Å². The van der Waals surface area contributed by atoms with E-state index in [0.29, 0.717) is 6.04 Å². The molecule has 1 aliphatic rings. The van der Waals surface area contributed by atoms with E-state index in [-0.39, 0.29) is 5.97 Å². The number of carbonyl (C=O) groups is 1. The molecule has 1 aliphatic heterocycles. The van der Waals surface area contributed by atoms with Gasteiger partial charge in [0.2, 0.25) is 0 Å². The van der Waals surface area contributed by atoms with Crippen molar-refractivity contribution in [3.8, 4) is 0 Å². The van der Waals surface area contributed by atoms with Crippen molar-refractivity contribution in [1.82, 2.24) is 10.2 Å². The van der Waals surface area contributed by atoms with Crippen LogP contribution in [0.5, 0.6) is 0 Å². The van der Waals surface area contributed by atoms with E-state index in [1.165, 1.54) is 26.5 Å². The van der Waals surface area contributed by atoms with Crippen LogP contribution in [0.3, 0.4) is 0 Å². The van der Waals surface area contributed by atoms with Crippen LogP contribution < -0.4 is 5.32 Å². The van der Waals surface area contributed by atoms with E-state index in [2.05, 4.69) is 24.1 Å². The van der Waals surface area contributed by atoms with Crippen molar-refractivity contribution in [3.63, 3.8) is 0 Å². The summed E-state index contributed by atoms with van der Waals surface area (Å²) in [5.74, 6) is 0.640. The molecule has 0 saturated carbocycles. The average Bonchev–Trinajstić information content (AvgIpc) is 2.46. The van der Waals surface area contributed by atoms with Crippen molar-refractivity contribution < 1.29 is 9.53 Å². The number of hydrogen-bond donors (Lipinski definition) is 1. The number of unbranched alkanes of at least 4 members (excludes halogenated alkanes) is 1. The molecule has 1 rings (SSSR count). The lowest BCUT2D eigenvalue weighted by Crippen LogP contribution is -2.48. The van der Waals surface area contributed by atoms with Gasteiger partial charge in [-0.25, -0.2) is 0 Å². The first-order valence-electron chi connectivity index (χ1n) is 7.96. The standard InChI is InChI=1S/C16H32N2O2/c1-13-9-8-12-18(14(13)2)11-7-6-10-16(3,17-4)15(19)20-5/h13-14,17H,6-12H2,1-5H3. The summed E-state index contributed by atoms with van der Waals surface area (Å²) >= 11 is 0. The lowest BCUT2D eigenvalue weighted by atomic mass is 9.91. The molecule has 1 N–H and O–H groups in total. The van der Waals surface area contributed by atoms with Gasteiger partial charge in [0, 0.05) is 6.04 Å². The number of carbonyl (C=O) groups excluding carboxylic acids is 1. The fourth-order valence-corrected chi connectivity index (χ4v) is 3.08. The van der Waals surface area contributed by atoms with Crippen LogP contribution in [-0.4, -0.2) is 49.7 Å². The second-order valence-electron chi connectivity index (χ2n) is 6.43. The largest absolute Gasteiger partial charge is 0.468 e. The first kappa shape index (κ1) is 17.4. The Balaban J connectivity index is 2.32. The summed E-state index contributed by atoms with van der Waals surface area (Å²) < 4.78 is 4.87. The van der Waals surface area contributed by atoms with E-state index in [4.69, 9.17) is 4.74 Å². The van der Waals surface area contributed by atoms with Gasteiger partial charge < -0.3 is 15.0 Å². The number of hydrogen-bond acceptors (Lipinski definition) is 4. The minimum absolute atomic E-state index is 0.167. The highest BCUT2D eigenvalue weighted by molar-refractivity contribution is 5.80. The summed E-state index contributed by atoms with van der Waals surface area (Å²) in [5.41, 5.74) is -0.546. The Hall–Kier alpha value is -0.610. The molecule has 1 fully saturated rings. The number of nitrogens with zero attached hydrogens (tertiary/aromatic N) is 1. The third-order valence-corrected chi connectivity index (χ3v) is 5.06. The first-order valence-corrected chi connectivity index (χ1v) is 7.96. The zero-order valence-electron chi connectivity index (χ0n) is 13.9. The highest BCUT2D eigenvalue weighted by Gasteiger charge is 2.32. The van der Waals surface area contributed by atoms with Crippen LogP contribution in [0.1, 0.15) is 52.9 Å². The van der Waals surface area contributed by atoms with Crippen LogP contribution in [0.25, 0.3) is 0 Å². The fraction of sp³-hybridized carbons (Fsp3) is 0.938. The van der Waals surface area contributed by atoms with E-state index in [9.17, 15) is 4.79 Å². The van der Waals surface area contributed by atoms with Crippen molar-refractivity contribution in [1.29, 1.82) is 0 Å². The fourth-order valence-electron chi connectivity index (χ4n) is 3.08. The number of piperidine rings is 1. The molecule has 1 saturated heterocycles. The van der Waals surface area contributed by atoms with Crippen LogP contribution in [0.2, 0.25) is 0 Å². The van der Waals surface area contributed by atoms with Crippen molar-refractivity contribution >= 4 is 5.97 Å². The molecular weight excluding hydrogens is 252 g/mol. The highest BCUT2D eigenvalue weighted by Crippen LogP contribution is 2.23. The van der Waals surface area contributed by atoms with Gasteiger partial charge in [-0.1, -0.05) is 6.92 Å². The number of methoxy groups -OCH3 is 1. The van der Waals surface area contributed by atoms with E-state index in [0.717, 1.165) is 31.7 Å². The zero-order chi connectivity index (χ0) is 15.2. The second kappa shape index (κ2) is 7.99. The van der Waals surface area contributed by atoms with Crippen LogP contribution in [0, 0.1) is 5.92 Å². The maximum atomic E-state index is 11.8. The summed E-state index contributed by atoms with van der Waals surface area (Å²) in [4.78, 5) is 14.4. The summed E-state index contributed by atoms with van der Waals surface area (Å²) in [6.45, 7) is 8.99. The average molecular weight is 284 g/mol. The molecule has 0 spiro atoms. The molecule has 0 bridgehead atoms. The molecule has 0 aliphatic carbocycles. The van der Waals surface area contributed by atoms with Crippen molar-refractivity contribution in [2.24, 2.45) is 5.92 Å². The maximum absolute atomic E-state index is 11.8. The van der Waals surface area contributed by atoms with Crippen LogP contribution in [0.4, 0.5) is 0 Å². The van der Waals surface area contributed by atoms with Gasteiger partial charge in [0.1, 0.15) is 5.54 Å². The normalized spacial score (nSPS) is 27.1. The number of esters is 1.